The summed E-state index contributed by atoms with van der Waals surface area (Å²) in [5.74, 6) is 0. The number of carbonyl (C=O) groups excluding carboxylic acids is 1. The van der Waals surface area contributed by atoms with Crippen molar-refractivity contribution in [2.75, 3.05) is 19.4 Å². The fourth-order valence-electron chi connectivity index (χ4n) is 1.89. The topological polar surface area (TPSA) is 69.0 Å². The summed E-state index contributed by atoms with van der Waals surface area (Å²) in [5.41, 5.74) is 1.10. The van der Waals surface area contributed by atoms with Crippen LogP contribution in [-0.2, 0) is 5.41 Å². The first kappa shape index (κ1) is 15.4. The van der Waals surface area contributed by atoms with Gasteiger partial charge in [-0.25, -0.2) is 4.79 Å². The first-order valence-corrected chi connectivity index (χ1v) is 6.99. The first-order chi connectivity index (χ1) is 8.83. The Balaban J connectivity index is 3.09. The molecule has 1 heterocycles. The number of hydrogen-bond donors (Lipinski definition) is 1. The van der Waals surface area contributed by atoms with Crippen molar-refractivity contribution in [1.82, 2.24) is 9.27 Å². The van der Waals surface area contributed by atoms with Gasteiger partial charge in [0.15, 0.2) is 0 Å². The Hall–Kier alpha value is -1.61. The zero-order chi connectivity index (χ0) is 14.6. The number of rotatable bonds is 4. The SMILES string of the molecule is CCCC(C)(C)c1nsc(NC(=O)N(C)C)c1C#N. The molecule has 0 aliphatic carbocycles. The normalized spacial score (nSPS) is 10.9. The highest BCUT2D eigenvalue weighted by molar-refractivity contribution is 7.10. The Bertz CT molecular complexity index is 499. The molecule has 1 rings (SSSR count). The van der Waals surface area contributed by atoms with Crippen molar-refractivity contribution in [2.24, 2.45) is 0 Å². The van der Waals surface area contributed by atoms with E-state index in [0.717, 1.165) is 18.5 Å². The van der Waals surface area contributed by atoms with Crippen molar-refractivity contribution < 1.29 is 4.79 Å². The first-order valence-electron chi connectivity index (χ1n) is 6.22. The summed E-state index contributed by atoms with van der Waals surface area (Å²) in [6.07, 6.45) is 1.97. The standard InChI is InChI=1S/C13H20N4OS/c1-6-7-13(2,3)10-9(8-14)11(19-16-10)15-12(18)17(4)5/h6-7H2,1-5H3,(H,15,18). The molecule has 1 aromatic heterocycles. The Kier molecular flexibility index (Phi) is 4.90. The summed E-state index contributed by atoms with van der Waals surface area (Å²) in [7, 11) is 3.31. The molecule has 0 aliphatic heterocycles. The Morgan fingerprint density at radius 2 is 2.16 bits per heavy atom. The molecular weight excluding hydrogens is 260 g/mol. The second-order valence-electron chi connectivity index (χ2n) is 5.31. The maximum Gasteiger partial charge on any atom is 0.322 e. The van der Waals surface area contributed by atoms with Gasteiger partial charge in [0.2, 0.25) is 0 Å². The second-order valence-corrected chi connectivity index (χ2v) is 6.08. The molecule has 2 amide bonds. The number of anilines is 1. The minimum absolute atomic E-state index is 0.155. The predicted molar refractivity (Wildman–Crippen MR) is 77.5 cm³/mol. The molecule has 0 fully saturated rings. The molecule has 0 aliphatic rings. The average Bonchev–Trinajstić information content (AvgIpc) is 2.72. The van der Waals surface area contributed by atoms with Gasteiger partial charge in [0, 0.05) is 19.5 Å². The minimum atomic E-state index is -0.250. The van der Waals surface area contributed by atoms with Gasteiger partial charge in [-0.05, 0) is 18.0 Å². The van der Waals surface area contributed by atoms with E-state index in [4.69, 9.17) is 0 Å². The smallest absolute Gasteiger partial charge is 0.322 e. The lowest BCUT2D eigenvalue weighted by Crippen LogP contribution is -2.27. The van der Waals surface area contributed by atoms with Gasteiger partial charge < -0.3 is 4.90 Å². The monoisotopic (exact) mass is 280 g/mol. The maximum absolute atomic E-state index is 11.6. The van der Waals surface area contributed by atoms with Crippen LogP contribution in [0.2, 0.25) is 0 Å². The molecule has 6 heteroatoms. The van der Waals surface area contributed by atoms with Crippen LogP contribution in [0.5, 0.6) is 0 Å². The number of nitrogens with zero attached hydrogens (tertiary/aromatic N) is 3. The Morgan fingerprint density at radius 3 is 2.63 bits per heavy atom. The average molecular weight is 280 g/mol. The summed E-state index contributed by atoms with van der Waals surface area (Å²) in [5, 5.41) is 12.6. The van der Waals surface area contributed by atoms with Crippen molar-refractivity contribution >= 4 is 22.6 Å². The highest BCUT2D eigenvalue weighted by Gasteiger charge is 2.28. The number of nitriles is 1. The molecule has 5 nitrogen and oxygen atoms in total. The quantitative estimate of drug-likeness (QED) is 0.920. The van der Waals surface area contributed by atoms with Crippen molar-refractivity contribution in [2.45, 2.75) is 39.0 Å². The summed E-state index contributed by atoms with van der Waals surface area (Å²) in [6.45, 7) is 6.25. The van der Waals surface area contributed by atoms with Gasteiger partial charge in [-0.15, -0.1) is 0 Å². The number of nitrogens with one attached hydrogen (secondary N) is 1. The van der Waals surface area contributed by atoms with E-state index in [1.54, 1.807) is 14.1 Å². The predicted octanol–water partition coefficient (Wildman–Crippen LogP) is 3.19. The molecule has 104 valence electrons. The van der Waals surface area contributed by atoms with E-state index >= 15 is 0 Å². The number of amides is 2. The van der Waals surface area contributed by atoms with E-state index < -0.39 is 0 Å². The van der Waals surface area contributed by atoms with Crippen LogP contribution in [-0.4, -0.2) is 29.4 Å². The molecule has 0 atom stereocenters. The molecule has 1 N–H and O–H groups in total. The molecule has 0 aromatic carbocycles. The van der Waals surface area contributed by atoms with Crippen LogP contribution in [0.15, 0.2) is 0 Å². The van der Waals surface area contributed by atoms with Crippen LogP contribution in [0.25, 0.3) is 0 Å². The summed E-state index contributed by atoms with van der Waals surface area (Å²) in [6, 6.07) is 1.92. The largest absolute Gasteiger partial charge is 0.331 e. The van der Waals surface area contributed by atoms with E-state index in [2.05, 4.69) is 36.5 Å². The molecule has 0 unspecified atom stereocenters. The molecule has 0 spiro atoms. The minimum Gasteiger partial charge on any atom is -0.331 e. The van der Waals surface area contributed by atoms with Crippen LogP contribution in [0.3, 0.4) is 0 Å². The highest BCUT2D eigenvalue weighted by atomic mass is 32.1. The molecule has 19 heavy (non-hydrogen) atoms. The van der Waals surface area contributed by atoms with Crippen molar-refractivity contribution in [1.29, 1.82) is 5.26 Å². The lowest BCUT2D eigenvalue weighted by Gasteiger charge is -2.22. The molecule has 0 bridgehead atoms. The van der Waals surface area contributed by atoms with Gasteiger partial charge in [-0.1, -0.05) is 27.2 Å². The molecule has 0 saturated carbocycles. The van der Waals surface area contributed by atoms with E-state index in [1.807, 2.05) is 0 Å². The van der Waals surface area contributed by atoms with Crippen LogP contribution in [0.1, 0.15) is 44.9 Å². The summed E-state index contributed by atoms with van der Waals surface area (Å²) >= 11 is 1.17. The fourth-order valence-corrected chi connectivity index (χ4v) is 2.78. The Morgan fingerprint density at radius 1 is 1.53 bits per heavy atom. The second kappa shape index (κ2) is 6.02. The maximum atomic E-state index is 11.6. The zero-order valence-electron chi connectivity index (χ0n) is 12.1. The van der Waals surface area contributed by atoms with Crippen molar-refractivity contribution in [3.8, 4) is 6.07 Å². The van der Waals surface area contributed by atoms with Gasteiger partial charge in [0.25, 0.3) is 0 Å². The lowest BCUT2D eigenvalue weighted by atomic mass is 9.83. The van der Waals surface area contributed by atoms with Crippen LogP contribution < -0.4 is 5.32 Å². The summed E-state index contributed by atoms with van der Waals surface area (Å²) in [4.78, 5) is 13.1. The van der Waals surface area contributed by atoms with Gasteiger partial charge in [-0.3, -0.25) is 5.32 Å². The van der Waals surface area contributed by atoms with Gasteiger partial charge in [0.05, 0.1) is 5.69 Å². The van der Waals surface area contributed by atoms with E-state index in [9.17, 15) is 10.1 Å². The van der Waals surface area contributed by atoms with Crippen molar-refractivity contribution in [3.05, 3.63) is 11.3 Å². The number of urea groups is 1. The van der Waals surface area contributed by atoms with Crippen LogP contribution in [0.4, 0.5) is 9.80 Å². The molecule has 0 radical (unpaired) electrons. The third-order valence-corrected chi connectivity index (χ3v) is 3.71. The highest BCUT2D eigenvalue weighted by Crippen LogP contribution is 2.35. The Labute approximate surface area is 118 Å². The number of aromatic nitrogens is 1. The van der Waals surface area contributed by atoms with E-state index in [-0.39, 0.29) is 11.4 Å². The van der Waals surface area contributed by atoms with Gasteiger partial charge in [-0.2, -0.15) is 9.64 Å². The van der Waals surface area contributed by atoms with Crippen molar-refractivity contribution in [3.63, 3.8) is 0 Å². The third kappa shape index (κ3) is 3.44. The molecular formula is C13H20N4OS. The summed E-state index contributed by atoms with van der Waals surface area (Å²) < 4.78 is 4.38. The van der Waals surface area contributed by atoms with Gasteiger partial charge >= 0.3 is 6.03 Å². The molecule has 0 saturated heterocycles. The van der Waals surface area contributed by atoms with Gasteiger partial charge in [0.1, 0.15) is 16.6 Å². The lowest BCUT2D eigenvalue weighted by molar-refractivity contribution is 0.231. The number of hydrogen-bond acceptors (Lipinski definition) is 4. The third-order valence-electron chi connectivity index (χ3n) is 2.95. The van der Waals surface area contributed by atoms with E-state index in [1.165, 1.54) is 16.4 Å². The number of carbonyl (C=O) groups is 1. The zero-order valence-corrected chi connectivity index (χ0v) is 12.9. The fraction of sp³-hybridized carbons (Fsp3) is 0.615. The van der Waals surface area contributed by atoms with Crippen LogP contribution in [0, 0.1) is 11.3 Å². The van der Waals surface area contributed by atoms with Crippen LogP contribution >= 0.6 is 11.5 Å². The van der Waals surface area contributed by atoms with E-state index in [0.29, 0.717) is 10.6 Å². The molecule has 1 aromatic rings.